The summed E-state index contributed by atoms with van der Waals surface area (Å²) in [6.45, 7) is 15.1. The lowest BCUT2D eigenvalue weighted by atomic mass is 9.83. The fraction of sp³-hybridized carbons (Fsp3) is 0.533. The number of carbonyl (C=O) groups excluding carboxylic acids is 1. The van der Waals surface area contributed by atoms with Gasteiger partial charge in [0.15, 0.2) is 17.3 Å². The average Bonchev–Trinajstić information content (AvgIpc) is 2.87. The van der Waals surface area contributed by atoms with Gasteiger partial charge in [-0.05, 0) is 56.7 Å². The Labute approximate surface area is 222 Å². The molecule has 7 heteroatoms. The number of aliphatic hydroxyl groups excluding tert-OH is 1. The van der Waals surface area contributed by atoms with Crippen molar-refractivity contribution in [3.63, 3.8) is 0 Å². The molecule has 2 aromatic carbocycles. The molecule has 2 N–H and O–H groups in total. The number of aryl methyl sites for hydroxylation is 1. The van der Waals surface area contributed by atoms with Gasteiger partial charge in [-0.1, -0.05) is 65.3 Å². The fourth-order valence-corrected chi connectivity index (χ4v) is 4.34. The third-order valence-electron chi connectivity index (χ3n) is 6.47. The number of benzene rings is 2. The van der Waals surface area contributed by atoms with E-state index < -0.39 is 18.2 Å². The summed E-state index contributed by atoms with van der Waals surface area (Å²) in [6, 6.07) is 11.0. The minimum Gasteiger partial charge on any atom is -0.493 e. The second-order valence-electron chi connectivity index (χ2n) is 9.18. The Morgan fingerprint density at radius 3 is 2.05 bits per heavy atom. The molecule has 0 spiro atoms. The summed E-state index contributed by atoms with van der Waals surface area (Å²) in [5.74, 6) is -0.105. The van der Waals surface area contributed by atoms with Gasteiger partial charge in [0.2, 0.25) is 0 Å². The first-order chi connectivity index (χ1) is 17.5. The van der Waals surface area contributed by atoms with E-state index >= 15 is 0 Å². The van der Waals surface area contributed by atoms with Gasteiger partial charge >= 0.3 is 6.09 Å². The maximum absolute atomic E-state index is 12.6. The first-order valence-corrected chi connectivity index (χ1v) is 13.2. The van der Waals surface area contributed by atoms with Gasteiger partial charge in [0.25, 0.3) is 0 Å². The summed E-state index contributed by atoms with van der Waals surface area (Å²) in [4.78, 5) is 26.0. The molecule has 0 saturated heterocycles. The number of hydrogen-bond donors (Lipinski definition) is 2. The van der Waals surface area contributed by atoms with Crippen LogP contribution in [0.1, 0.15) is 83.3 Å². The number of hydrogen-bond acceptors (Lipinski definition) is 5. The van der Waals surface area contributed by atoms with E-state index in [1.54, 1.807) is 0 Å². The van der Waals surface area contributed by atoms with Crippen molar-refractivity contribution < 1.29 is 29.3 Å². The standard InChI is InChI=1S/C28H39NO6.C2H6/c1-8-18(5)22(14-21-13-11-10-12-20(21)9-2)27(31)29(28(32)33)24-16-26(35-17(3)4)25(34-7)15-23(24)19(6)30;1-2/h10-13,15-18,22,27,31H,8-9,14H2,1-7H3,(H,32,33);1-2H3/t18-,22?,27?;/m1./s1. The fourth-order valence-electron chi connectivity index (χ4n) is 4.34. The van der Waals surface area contributed by atoms with E-state index in [0.717, 1.165) is 28.9 Å². The number of rotatable bonds is 12. The third kappa shape index (κ3) is 8.22. The van der Waals surface area contributed by atoms with E-state index in [9.17, 15) is 19.8 Å². The van der Waals surface area contributed by atoms with Crippen LogP contribution < -0.4 is 14.4 Å². The highest BCUT2D eigenvalue weighted by Crippen LogP contribution is 2.39. The molecule has 0 bridgehead atoms. The monoisotopic (exact) mass is 515 g/mol. The zero-order chi connectivity index (χ0) is 28.3. The predicted octanol–water partition coefficient (Wildman–Crippen LogP) is 6.98. The van der Waals surface area contributed by atoms with Gasteiger partial charge in [-0.15, -0.1) is 0 Å². The van der Waals surface area contributed by atoms with Gasteiger partial charge in [0.1, 0.15) is 6.23 Å². The molecular weight excluding hydrogens is 470 g/mol. The lowest BCUT2D eigenvalue weighted by Crippen LogP contribution is -2.47. The minimum atomic E-state index is -1.38. The summed E-state index contributed by atoms with van der Waals surface area (Å²) in [7, 11) is 1.46. The van der Waals surface area contributed by atoms with Crippen LogP contribution in [0.15, 0.2) is 36.4 Å². The number of carboxylic acid groups (broad SMARTS) is 1. The number of Topliss-reactive ketones (excluding diaryl/α,β-unsaturated/α-hetero) is 1. The van der Waals surface area contributed by atoms with Crippen LogP contribution in [0.3, 0.4) is 0 Å². The molecule has 0 aliphatic carbocycles. The number of ether oxygens (including phenoxy) is 2. The molecule has 0 aliphatic heterocycles. The molecule has 0 aliphatic rings. The highest BCUT2D eigenvalue weighted by Gasteiger charge is 2.36. The van der Waals surface area contributed by atoms with Crippen LogP contribution in [0.4, 0.5) is 10.5 Å². The molecule has 206 valence electrons. The van der Waals surface area contributed by atoms with Crippen molar-refractivity contribution in [3.05, 3.63) is 53.1 Å². The van der Waals surface area contributed by atoms with Crippen LogP contribution in [0.25, 0.3) is 0 Å². The Hall–Kier alpha value is -3.06. The number of methoxy groups -OCH3 is 1. The van der Waals surface area contributed by atoms with Crippen molar-refractivity contribution in [2.75, 3.05) is 12.0 Å². The van der Waals surface area contributed by atoms with Crippen LogP contribution in [0, 0.1) is 11.8 Å². The predicted molar refractivity (Wildman–Crippen MR) is 149 cm³/mol. The Kier molecular flexibility index (Phi) is 13.2. The smallest absolute Gasteiger partial charge is 0.413 e. The highest BCUT2D eigenvalue weighted by molar-refractivity contribution is 6.04. The molecule has 0 heterocycles. The van der Waals surface area contributed by atoms with Crippen molar-refractivity contribution in [1.29, 1.82) is 0 Å². The van der Waals surface area contributed by atoms with Crippen LogP contribution >= 0.6 is 0 Å². The first kappa shape index (κ1) is 32.0. The largest absolute Gasteiger partial charge is 0.493 e. The van der Waals surface area contributed by atoms with E-state index in [-0.39, 0.29) is 29.1 Å². The summed E-state index contributed by atoms with van der Waals surface area (Å²) in [6.07, 6.45) is -0.839. The zero-order valence-electron chi connectivity index (χ0n) is 23.9. The van der Waals surface area contributed by atoms with Gasteiger partial charge < -0.3 is 19.7 Å². The summed E-state index contributed by atoms with van der Waals surface area (Å²) in [5, 5.41) is 21.8. The highest BCUT2D eigenvalue weighted by atomic mass is 16.5. The van der Waals surface area contributed by atoms with Crippen molar-refractivity contribution in [1.82, 2.24) is 0 Å². The third-order valence-corrected chi connectivity index (χ3v) is 6.47. The number of ketones is 1. The number of anilines is 1. The van der Waals surface area contributed by atoms with Crippen LogP contribution in [-0.4, -0.2) is 41.5 Å². The van der Waals surface area contributed by atoms with Crippen LogP contribution in [0.2, 0.25) is 0 Å². The van der Waals surface area contributed by atoms with Crippen molar-refractivity contribution in [3.8, 4) is 11.5 Å². The van der Waals surface area contributed by atoms with E-state index in [4.69, 9.17) is 9.47 Å². The van der Waals surface area contributed by atoms with Crippen LogP contribution in [0.5, 0.6) is 11.5 Å². The van der Waals surface area contributed by atoms with E-state index in [0.29, 0.717) is 17.9 Å². The van der Waals surface area contributed by atoms with Crippen molar-refractivity contribution >= 4 is 17.6 Å². The van der Waals surface area contributed by atoms with Gasteiger partial charge in [0, 0.05) is 17.5 Å². The molecule has 0 aromatic heterocycles. The van der Waals surface area contributed by atoms with Crippen molar-refractivity contribution in [2.45, 2.75) is 87.0 Å². The Morgan fingerprint density at radius 2 is 1.59 bits per heavy atom. The summed E-state index contributed by atoms with van der Waals surface area (Å²) >= 11 is 0. The second-order valence-corrected chi connectivity index (χ2v) is 9.18. The zero-order valence-corrected chi connectivity index (χ0v) is 23.9. The topological polar surface area (TPSA) is 96.3 Å². The number of carbonyl (C=O) groups is 2. The molecule has 1 amide bonds. The van der Waals surface area contributed by atoms with Gasteiger partial charge in [0.05, 0.1) is 18.9 Å². The Balaban J connectivity index is 0.00000334. The number of aliphatic hydroxyl groups is 1. The molecule has 2 unspecified atom stereocenters. The lowest BCUT2D eigenvalue weighted by molar-refractivity contribution is 0.0698. The van der Waals surface area contributed by atoms with Crippen LogP contribution in [-0.2, 0) is 12.8 Å². The Bertz CT molecular complexity index is 1020. The summed E-state index contributed by atoms with van der Waals surface area (Å²) < 4.78 is 11.2. The normalized spacial score (nSPS) is 13.2. The SMILES string of the molecule is CC.CCc1ccccc1CC(C(O)N(C(=O)O)c1cc(OC(C)C)c(OC)cc1C(C)=O)[C@H](C)CC. The molecule has 3 atom stereocenters. The van der Waals surface area contributed by atoms with Gasteiger partial charge in [-0.3, -0.25) is 9.69 Å². The molecule has 7 nitrogen and oxygen atoms in total. The minimum absolute atomic E-state index is 0.0159. The maximum Gasteiger partial charge on any atom is 0.413 e. The number of nitrogens with zero attached hydrogens (tertiary/aromatic N) is 1. The summed E-state index contributed by atoms with van der Waals surface area (Å²) in [5.41, 5.74) is 2.45. The van der Waals surface area contributed by atoms with Gasteiger partial charge in [-0.2, -0.15) is 0 Å². The molecule has 0 radical (unpaired) electrons. The molecule has 0 fully saturated rings. The molecule has 37 heavy (non-hydrogen) atoms. The maximum atomic E-state index is 12.6. The van der Waals surface area contributed by atoms with E-state index in [1.165, 1.54) is 26.2 Å². The quantitative estimate of drug-likeness (QED) is 0.234. The molecular formula is C30H45NO6. The first-order valence-electron chi connectivity index (χ1n) is 13.2. The van der Waals surface area contributed by atoms with Crippen molar-refractivity contribution in [2.24, 2.45) is 11.8 Å². The van der Waals surface area contributed by atoms with E-state index in [1.807, 2.05) is 59.7 Å². The molecule has 0 saturated carbocycles. The van der Waals surface area contributed by atoms with Gasteiger partial charge in [-0.25, -0.2) is 4.79 Å². The second kappa shape index (κ2) is 15.3. The van der Waals surface area contributed by atoms with E-state index in [2.05, 4.69) is 13.0 Å². The lowest BCUT2D eigenvalue weighted by Gasteiger charge is -2.36. The Morgan fingerprint density at radius 1 is 1.00 bits per heavy atom. The molecule has 2 rings (SSSR count). The number of amides is 1. The molecule has 2 aromatic rings. The average molecular weight is 516 g/mol.